The van der Waals surface area contributed by atoms with Gasteiger partial charge in [0.1, 0.15) is 30.2 Å². The van der Waals surface area contributed by atoms with Crippen LogP contribution in [0.25, 0.3) is 10.9 Å². The van der Waals surface area contributed by atoms with E-state index in [9.17, 15) is 20.4 Å². The van der Waals surface area contributed by atoms with Gasteiger partial charge in [0.05, 0.1) is 18.7 Å². The van der Waals surface area contributed by atoms with Gasteiger partial charge in [-0.05, 0) is 42.1 Å². The van der Waals surface area contributed by atoms with Crippen LogP contribution in [0.2, 0.25) is 0 Å². The highest BCUT2D eigenvalue weighted by Gasteiger charge is 2.44. The number of para-hydroxylation sites is 1. The third-order valence-electron chi connectivity index (χ3n) is 5.57. The Bertz CT molecular complexity index is 983. The number of hydrogen-bond acceptors (Lipinski definition) is 6. The van der Waals surface area contributed by atoms with Crippen molar-refractivity contribution in [2.75, 3.05) is 13.2 Å². The van der Waals surface area contributed by atoms with E-state index >= 15 is 0 Å². The van der Waals surface area contributed by atoms with Gasteiger partial charge in [0, 0.05) is 12.1 Å². The van der Waals surface area contributed by atoms with Gasteiger partial charge >= 0.3 is 0 Å². The minimum absolute atomic E-state index is 0.463. The van der Waals surface area contributed by atoms with Gasteiger partial charge in [0.15, 0.2) is 6.23 Å². The van der Waals surface area contributed by atoms with E-state index in [1.807, 2.05) is 66.1 Å². The summed E-state index contributed by atoms with van der Waals surface area (Å²) in [4.78, 5) is 0. The zero-order valence-electron chi connectivity index (χ0n) is 16.8. The lowest BCUT2D eigenvalue weighted by atomic mass is 9.98. The number of ether oxygens (including phenoxy) is 2. The summed E-state index contributed by atoms with van der Waals surface area (Å²) < 4.78 is 13.2. The Kier molecular flexibility index (Phi) is 6.08. The molecule has 2 aromatic carbocycles. The third-order valence-corrected chi connectivity index (χ3v) is 5.57. The van der Waals surface area contributed by atoms with Crippen LogP contribution in [0, 0.1) is 0 Å². The fourth-order valence-corrected chi connectivity index (χ4v) is 4.04. The summed E-state index contributed by atoms with van der Waals surface area (Å²) in [6, 6.07) is 17.5. The van der Waals surface area contributed by atoms with Crippen molar-refractivity contribution in [3.63, 3.8) is 0 Å². The Labute approximate surface area is 174 Å². The van der Waals surface area contributed by atoms with Crippen LogP contribution < -0.4 is 4.74 Å². The maximum Gasteiger partial charge on any atom is 0.163 e. The normalized spacial score (nSPS) is 26.8. The van der Waals surface area contributed by atoms with Crippen molar-refractivity contribution in [1.29, 1.82) is 0 Å². The number of benzene rings is 2. The molecule has 3 aromatic rings. The average molecular weight is 413 g/mol. The Hall–Kier alpha value is -2.42. The first-order valence-electron chi connectivity index (χ1n) is 10.1. The van der Waals surface area contributed by atoms with Crippen molar-refractivity contribution in [2.45, 2.75) is 44.0 Å². The summed E-state index contributed by atoms with van der Waals surface area (Å²) in [7, 11) is 0. The summed E-state index contributed by atoms with van der Waals surface area (Å²) in [5.74, 6) is 0.802. The van der Waals surface area contributed by atoms with Gasteiger partial charge in [0.25, 0.3) is 0 Å². The first-order chi connectivity index (χ1) is 14.5. The van der Waals surface area contributed by atoms with Gasteiger partial charge in [-0.1, -0.05) is 30.3 Å². The third kappa shape index (κ3) is 3.82. The van der Waals surface area contributed by atoms with Crippen molar-refractivity contribution in [1.82, 2.24) is 4.57 Å². The van der Waals surface area contributed by atoms with E-state index in [4.69, 9.17) is 9.47 Å². The number of aliphatic hydroxyl groups is 4. The van der Waals surface area contributed by atoms with E-state index in [0.29, 0.717) is 13.0 Å². The molecule has 0 amide bonds. The van der Waals surface area contributed by atoms with Gasteiger partial charge in [-0.25, -0.2) is 0 Å². The summed E-state index contributed by atoms with van der Waals surface area (Å²) >= 11 is 0. The van der Waals surface area contributed by atoms with Gasteiger partial charge < -0.3 is 34.5 Å². The summed E-state index contributed by atoms with van der Waals surface area (Å²) in [6.45, 7) is 2.08. The molecule has 7 heteroatoms. The summed E-state index contributed by atoms with van der Waals surface area (Å²) in [5.41, 5.74) is 2.76. The number of aliphatic hydroxyl groups excluding tert-OH is 4. The van der Waals surface area contributed by atoms with Gasteiger partial charge in [-0.2, -0.15) is 0 Å². The molecule has 30 heavy (non-hydrogen) atoms. The highest BCUT2D eigenvalue weighted by Crippen LogP contribution is 2.34. The molecule has 0 radical (unpaired) electrons. The second-order valence-electron chi connectivity index (χ2n) is 7.54. The van der Waals surface area contributed by atoms with Gasteiger partial charge in [-0.3, -0.25) is 0 Å². The van der Waals surface area contributed by atoms with Crippen LogP contribution in [0.4, 0.5) is 0 Å². The highest BCUT2D eigenvalue weighted by atomic mass is 16.6. The zero-order valence-corrected chi connectivity index (χ0v) is 16.8. The SMILES string of the molecule is CCOc1ccc(Cc2cc3ccccc3n2[C@@H]2O[C@H](CO)[C@@H](O)[C@H](O)[C@H]2O)cc1. The van der Waals surface area contributed by atoms with E-state index in [-0.39, 0.29) is 0 Å². The van der Waals surface area contributed by atoms with E-state index in [0.717, 1.165) is 27.9 Å². The van der Waals surface area contributed by atoms with Crippen LogP contribution in [0.1, 0.15) is 24.4 Å². The first kappa shape index (κ1) is 20.8. The smallest absolute Gasteiger partial charge is 0.163 e. The number of fused-ring (bicyclic) bond motifs is 1. The quantitative estimate of drug-likeness (QED) is 0.489. The molecule has 1 aliphatic rings. The van der Waals surface area contributed by atoms with Crippen molar-refractivity contribution in [3.05, 3.63) is 65.9 Å². The van der Waals surface area contributed by atoms with E-state index in [1.165, 1.54) is 0 Å². The van der Waals surface area contributed by atoms with Crippen LogP contribution in [-0.2, 0) is 11.2 Å². The second-order valence-corrected chi connectivity index (χ2v) is 7.54. The monoisotopic (exact) mass is 413 g/mol. The van der Waals surface area contributed by atoms with Gasteiger partial charge in [-0.15, -0.1) is 0 Å². The standard InChI is InChI=1S/C23H27NO6/c1-2-29-17-9-7-14(8-10-17)11-16-12-15-5-3-4-6-18(15)24(16)23-22(28)21(27)20(26)19(13-25)30-23/h3-10,12,19-23,25-28H,2,11,13H2,1H3/t19-,20-,21+,22-,23-/m1/s1. The number of aromatic nitrogens is 1. The molecule has 4 rings (SSSR count). The van der Waals surface area contributed by atoms with E-state index < -0.39 is 37.3 Å². The fourth-order valence-electron chi connectivity index (χ4n) is 4.04. The molecule has 160 valence electrons. The Balaban J connectivity index is 1.73. The summed E-state index contributed by atoms with van der Waals surface area (Å²) in [5, 5.41) is 41.6. The minimum atomic E-state index is -1.43. The molecule has 1 aliphatic heterocycles. The maximum atomic E-state index is 10.7. The molecule has 1 saturated heterocycles. The number of rotatable bonds is 6. The van der Waals surface area contributed by atoms with Crippen molar-refractivity contribution < 1.29 is 29.9 Å². The topological polar surface area (TPSA) is 104 Å². The molecule has 0 unspecified atom stereocenters. The van der Waals surface area contributed by atoms with E-state index in [1.54, 1.807) is 0 Å². The maximum absolute atomic E-state index is 10.7. The Morgan fingerprint density at radius 2 is 1.70 bits per heavy atom. The van der Waals surface area contributed by atoms with Crippen LogP contribution >= 0.6 is 0 Å². The minimum Gasteiger partial charge on any atom is -0.494 e. The first-order valence-corrected chi connectivity index (χ1v) is 10.1. The average Bonchev–Trinajstić information content (AvgIpc) is 3.12. The molecular formula is C23H27NO6. The van der Waals surface area contributed by atoms with Crippen LogP contribution in [0.5, 0.6) is 5.75 Å². The van der Waals surface area contributed by atoms with Crippen LogP contribution in [-0.4, -0.2) is 62.6 Å². The molecule has 7 nitrogen and oxygen atoms in total. The molecule has 1 aromatic heterocycles. The zero-order chi connectivity index (χ0) is 21.3. The molecule has 0 bridgehead atoms. The second kappa shape index (κ2) is 8.75. The lowest BCUT2D eigenvalue weighted by Gasteiger charge is -2.41. The molecule has 4 N–H and O–H groups in total. The van der Waals surface area contributed by atoms with Crippen LogP contribution in [0.3, 0.4) is 0 Å². The molecular weight excluding hydrogens is 386 g/mol. The van der Waals surface area contributed by atoms with Crippen molar-refractivity contribution >= 4 is 10.9 Å². The Morgan fingerprint density at radius 1 is 0.967 bits per heavy atom. The Morgan fingerprint density at radius 3 is 2.40 bits per heavy atom. The number of hydrogen-bond donors (Lipinski definition) is 4. The van der Waals surface area contributed by atoms with Crippen molar-refractivity contribution in [3.8, 4) is 5.75 Å². The molecule has 0 aliphatic carbocycles. The van der Waals surface area contributed by atoms with Crippen LogP contribution in [0.15, 0.2) is 54.6 Å². The fraction of sp³-hybridized carbons (Fsp3) is 0.391. The number of nitrogens with zero attached hydrogens (tertiary/aromatic N) is 1. The molecule has 0 spiro atoms. The lowest BCUT2D eigenvalue weighted by molar-refractivity contribution is -0.250. The highest BCUT2D eigenvalue weighted by molar-refractivity contribution is 5.81. The van der Waals surface area contributed by atoms with E-state index in [2.05, 4.69) is 0 Å². The van der Waals surface area contributed by atoms with Gasteiger partial charge in [0.2, 0.25) is 0 Å². The predicted molar refractivity (Wildman–Crippen MR) is 111 cm³/mol. The lowest BCUT2D eigenvalue weighted by Crippen LogP contribution is -2.56. The molecule has 1 fully saturated rings. The summed E-state index contributed by atoms with van der Waals surface area (Å²) in [6.07, 6.45) is -5.52. The molecule has 2 heterocycles. The van der Waals surface area contributed by atoms with Crippen molar-refractivity contribution in [2.24, 2.45) is 0 Å². The largest absolute Gasteiger partial charge is 0.494 e. The molecule has 0 saturated carbocycles. The molecule has 5 atom stereocenters. The predicted octanol–water partition coefficient (Wildman–Crippen LogP) is 1.60.